The summed E-state index contributed by atoms with van der Waals surface area (Å²) in [5.41, 5.74) is 3.49. The third kappa shape index (κ3) is 12.6. The lowest BCUT2D eigenvalue weighted by Gasteiger charge is -2.30. The number of amides is 3. The van der Waals surface area contributed by atoms with Crippen LogP contribution in [0, 0.1) is 5.92 Å². The van der Waals surface area contributed by atoms with Gasteiger partial charge in [0.25, 0.3) is 23.7 Å². The molecule has 4 rings (SSSR count). The second kappa shape index (κ2) is 19.2. The minimum Gasteiger partial charge on any atom is -0.463 e. The van der Waals surface area contributed by atoms with Crippen LogP contribution < -0.4 is 10.6 Å². The number of hydroxylamine groups is 2. The van der Waals surface area contributed by atoms with Gasteiger partial charge in [-0.3, -0.25) is 14.4 Å². The molecule has 0 spiro atoms. The Bertz CT molecular complexity index is 1810. The maximum absolute atomic E-state index is 13.8. The van der Waals surface area contributed by atoms with Gasteiger partial charge < -0.3 is 39.2 Å². The molecule has 2 unspecified atom stereocenters. The van der Waals surface area contributed by atoms with E-state index in [4.69, 9.17) is 28.5 Å². The maximum Gasteiger partial charge on any atom is 0.300 e. The first kappa shape index (κ1) is 46.5. The number of hydrogen-bond donors (Lipinski definition) is 2. The van der Waals surface area contributed by atoms with E-state index in [1.165, 1.54) is 0 Å². The number of nitrogens with zero attached hydrogens (tertiary/aromatic N) is 1. The summed E-state index contributed by atoms with van der Waals surface area (Å²) in [6.07, 6.45) is 3.03. The molecule has 1 aliphatic heterocycles. The Labute approximate surface area is 345 Å². The molecule has 58 heavy (non-hydrogen) atoms. The van der Waals surface area contributed by atoms with Crippen molar-refractivity contribution in [2.24, 2.45) is 5.92 Å². The minimum atomic E-state index is -0.549. The fraction of sp³-hybridized carbons (Fsp3) is 0.587. The van der Waals surface area contributed by atoms with Crippen molar-refractivity contribution in [3.05, 3.63) is 83.5 Å². The first-order valence-electron chi connectivity index (χ1n) is 20.3. The van der Waals surface area contributed by atoms with Gasteiger partial charge in [-0.2, -0.15) is 0 Å². The monoisotopic (exact) mass is 805 g/mol. The number of hydrogen-bond acceptors (Lipinski definition) is 9. The summed E-state index contributed by atoms with van der Waals surface area (Å²) in [4.78, 5) is 45.6. The van der Waals surface area contributed by atoms with E-state index < -0.39 is 11.1 Å². The highest BCUT2D eigenvalue weighted by Crippen LogP contribution is 2.46. The Hall–Kier alpha value is -4.23. The molecular weight excluding hydrogens is 739 g/mol. The van der Waals surface area contributed by atoms with Crippen molar-refractivity contribution < 1.29 is 42.9 Å². The van der Waals surface area contributed by atoms with Crippen molar-refractivity contribution in [3.8, 4) is 11.1 Å². The number of fused-ring (bicyclic) bond motifs is 3. The first-order chi connectivity index (χ1) is 27.1. The zero-order valence-electron chi connectivity index (χ0n) is 36.7. The number of rotatable bonds is 23. The van der Waals surface area contributed by atoms with Crippen LogP contribution in [0.15, 0.2) is 61.2 Å². The lowest BCUT2D eigenvalue weighted by molar-refractivity contribution is -0.172. The van der Waals surface area contributed by atoms with Crippen molar-refractivity contribution in [1.29, 1.82) is 0 Å². The van der Waals surface area contributed by atoms with E-state index in [0.717, 1.165) is 40.2 Å². The molecule has 2 atom stereocenters. The number of nitrogens with one attached hydrogen (secondary N) is 2. The number of carbonyl (C=O) groups is 3. The van der Waals surface area contributed by atoms with Gasteiger partial charge in [-0.1, -0.05) is 25.6 Å². The van der Waals surface area contributed by atoms with Gasteiger partial charge in [0.2, 0.25) is 0 Å². The summed E-state index contributed by atoms with van der Waals surface area (Å²) in [6, 6.07) is 11.3. The van der Waals surface area contributed by atoms with Crippen LogP contribution in [-0.4, -0.2) is 92.3 Å². The van der Waals surface area contributed by atoms with Gasteiger partial charge in [-0.05, 0) is 134 Å². The lowest BCUT2D eigenvalue weighted by Crippen LogP contribution is -2.44. The lowest BCUT2D eigenvalue weighted by atomic mass is 9.94. The van der Waals surface area contributed by atoms with Crippen molar-refractivity contribution in [3.63, 3.8) is 0 Å². The van der Waals surface area contributed by atoms with Crippen molar-refractivity contribution >= 4 is 17.7 Å². The fourth-order valence-corrected chi connectivity index (χ4v) is 6.83. The van der Waals surface area contributed by atoms with Gasteiger partial charge in [0.15, 0.2) is 0 Å². The van der Waals surface area contributed by atoms with Crippen LogP contribution in [0.2, 0.25) is 0 Å². The number of ether oxygens (including phenoxy) is 5. The van der Waals surface area contributed by atoms with E-state index in [0.29, 0.717) is 62.5 Å². The van der Waals surface area contributed by atoms with E-state index >= 15 is 0 Å². The van der Waals surface area contributed by atoms with Crippen LogP contribution in [0.1, 0.15) is 132 Å². The molecule has 0 aromatic heterocycles. The van der Waals surface area contributed by atoms with Crippen LogP contribution in [0.3, 0.4) is 0 Å². The Morgan fingerprint density at radius 2 is 1.34 bits per heavy atom. The van der Waals surface area contributed by atoms with E-state index in [2.05, 4.69) is 23.8 Å². The molecule has 12 nitrogen and oxygen atoms in total. The second-order valence-electron chi connectivity index (χ2n) is 18.0. The Kier molecular flexibility index (Phi) is 15.4. The molecule has 320 valence electrons. The van der Waals surface area contributed by atoms with E-state index in [1.54, 1.807) is 14.2 Å². The Balaban J connectivity index is 1.50. The molecule has 3 amide bonds. The number of allylic oxidation sites excluding steroid dienone is 1. The summed E-state index contributed by atoms with van der Waals surface area (Å²) in [5.74, 6) is -1.16. The zero-order valence-corrected chi connectivity index (χ0v) is 36.7. The summed E-state index contributed by atoms with van der Waals surface area (Å²) in [7, 11) is 3.37. The van der Waals surface area contributed by atoms with Gasteiger partial charge in [0, 0.05) is 68.9 Å². The molecule has 2 N–H and O–H groups in total. The summed E-state index contributed by atoms with van der Waals surface area (Å²) < 4.78 is 29.1. The molecule has 12 heteroatoms. The average Bonchev–Trinajstić information content (AvgIpc) is 3.58. The van der Waals surface area contributed by atoms with E-state index in [9.17, 15) is 14.4 Å². The molecular formula is C46H67N3O9. The molecule has 2 aromatic carbocycles. The third-order valence-corrected chi connectivity index (χ3v) is 11.2. The molecule has 1 heterocycles. The molecule has 0 bridgehead atoms. The third-order valence-electron chi connectivity index (χ3n) is 11.2. The SMILES string of the molecule is C=C(OCC1c2cc(C(=O)NCCC(C)(C)OCCC(C)(C)OC)ccc2-c2ccc(C(=O)NC(C)(C)CCOC(C)(C)CCOC)cc21)ON1C(=C)C(C)CC1=O. The van der Waals surface area contributed by atoms with E-state index in [1.807, 2.05) is 98.7 Å². The van der Waals surface area contributed by atoms with E-state index in [-0.39, 0.29) is 53.3 Å². The van der Waals surface area contributed by atoms with Crippen LogP contribution in [-0.2, 0) is 33.3 Å². The summed E-state index contributed by atoms with van der Waals surface area (Å²) >= 11 is 0. The molecule has 1 saturated heterocycles. The fourth-order valence-electron chi connectivity index (χ4n) is 6.83. The Morgan fingerprint density at radius 3 is 1.90 bits per heavy atom. The average molecular weight is 806 g/mol. The van der Waals surface area contributed by atoms with Gasteiger partial charge in [0.05, 0.1) is 29.1 Å². The minimum absolute atomic E-state index is 0.0554. The van der Waals surface area contributed by atoms with Crippen LogP contribution in [0.4, 0.5) is 0 Å². The largest absolute Gasteiger partial charge is 0.463 e. The highest BCUT2D eigenvalue weighted by molar-refractivity contribution is 5.98. The maximum atomic E-state index is 13.8. The van der Waals surface area contributed by atoms with Crippen LogP contribution in [0.25, 0.3) is 11.1 Å². The highest BCUT2D eigenvalue weighted by Gasteiger charge is 2.35. The number of methoxy groups -OCH3 is 2. The van der Waals surface area contributed by atoms with Crippen molar-refractivity contribution in [2.75, 3.05) is 47.2 Å². The van der Waals surface area contributed by atoms with Gasteiger partial charge in [-0.15, -0.1) is 5.06 Å². The van der Waals surface area contributed by atoms with Crippen LogP contribution >= 0.6 is 0 Å². The molecule has 2 aromatic rings. The summed E-state index contributed by atoms with van der Waals surface area (Å²) in [5, 5.41) is 7.37. The van der Waals surface area contributed by atoms with Crippen molar-refractivity contribution in [2.45, 2.75) is 123 Å². The normalized spacial score (nSPS) is 16.9. The number of benzene rings is 2. The van der Waals surface area contributed by atoms with Crippen molar-refractivity contribution in [1.82, 2.24) is 15.7 Å². The standard InChI is InChI=1S/C46H67N3O9/c1-30-26-40(50)49(31(30)2)58-32(3)55-29-39-37-27-33(41(51)47-22-18-45(8,9)57-25-21-44(6,7)54-13)14-16-35(37)36-17-15-34(28-38(36)39)42(52)48-43(4,5)19-24-56-46(10,11)20-23-53-12/h14-17,27-28,30,39H,2-3,18-26,29H2,1,4-13H3,(H,47,51)(H,48,52). The molecule has 1 aliphatic carbocycles. The quantitative estimate of drug-likeness (QED) is 0.107. The predicted molar refractivity (Wildman–Crippen MR) is 225 cm³/mol. The zero-order chi connectivity index (χ0) is 43.1. The molecule has 1 fully saturated rings. The molecule has 0 radical (unpaired) electrons. The summed E-state index contributed by atoms with van der Waals surface area (Å²) in [6.45, 7) is 28.0. The number of carbonyl (C=O) groups excluding carboxylic acids is 3. The predicted octanol–water partition coefficient (Wildman–Crippen LogP) is 8.06. The first-order valence-corrected chi connectivity index (χ1v) is 20.3. The van der Waals surface area contributed by atoms with Gasteiger partial charge in [0.1, 0.15) is 6.61 Å². The Morgan fingerprint density at radius 1 is 0.793 bits per heavy atom. The second-order valence-corrected chi connectivity index (χ2v) is 18.0. The molecule has 0 saturated carbocycles. The highest BCUT2D eigenvalue weighted by atomic mass is 16.8. The van der Waals surface area contributed by atoms with Crippen LogP contribution in [0.5, 0.6) is 0 Å². The molecule has 2 aliphatic rings. The van der Waals surface area contributed by atoms with Gasteiger partial charge >= 0.3 is 0 Å². The smallest absolute Gasteiger partial charge is 0.300 e. The topological polar surface area (TPSA) is 134 Å². The van der Waals surface area contributed by atoms with Gasteiger partial charge in [-0.25, -0.2) is 0 Å².